The predicted octanol–water partition coefficient (Wildman–Crippen LogP) is 3.96. The first-order valence-electron chi connectivity index (χ1n) is 7.56. The van der Waals surface area contributed by atoms with E-state index >= 15 is 0 Å². The Morgan fingerprint density at radius 2 is 1.72 bits per heavy atom. The molecule has 0 saturated heterocycles. The molecule has 0 radical (unpaired) electrons. The Hall–Kier alpha value is -0.960. The average Bonchev–Trinajstić information content (AvgIpc) is 2.84. The van der Waals surface area contributed by atoms with Gasteiger partial charge < -0.3 is 19.9 Å². The van der Waals surface area contributed by atoms with Crippen LogP contribution in [0.4, 0.5) is 0 Å². The second kappa shape index (κ2) is 10.9. The minimum atomic E-state index is 0. The number of nitrogens with one attached hydrogen (secondary N) is 2. The van der Waals surface area contributed by atoms with Crippen LogP contribution in [0.3, 0.4) is 0 Å². The molecule has 8 heteroatoms. The number of aromatic nitrogens is 1. The summed E-state index contributed by atoms with van der Waals surface area (Å²) in [7, 11) is 5.31. The maximum Gasteiger partial charge on any atom is 0.191 e. The summed E-state index contributed by atoms with van der Waals surface area (Å²) >= 11 is 12.1. The van der Waals surface area contributed by atoms with E-state index in [9.17, 15) is 0 Å². The molecule has 2 rings (SSSR count). The second-order valence-corrected chi connectivity index (χ2v) is 6.13. The van der Waals surface area contributed by atoms with Crippen molar-refractivity contribution in [2.45, 2.75) is 19.7 Å². The van der Waals surface area contributed by atoms with E-state index in [1.165, 1.54) is 5.56 Å². The molecular weight excluding hydrogens is 474 g/mol. The molecule has 1 heterocycles. The van der Waals surface area contributed by atoms with Gasteiger partial charge in [-0.05, 0) is 17.2 Å². The normalized spacial score (nSPS) is 11.2. The third-order valence-corrected chi connectivity index (χ3v) is 4.51. The number of hydrogen-bond acceptors (Lipinski definition) is 2. The highest BCUT2D eigenvalue weighted by atomic mass is 127. The summed E-state index contributed by atoms with van der Waals surface area (Å²) in [6, 6.07) is 10.1. The van der Waals surface area contributed by atoms with Crippen molar-refractivity contribution in [3.63, 3.8) is 0 Å². The summed E-state index contributed by atoms with van der Waals surface area (Å²) in [5.41, 5.74) is 3.31. The third-order valence-electron chi connectivity index (χ3n) is 3.67. The number of methoxy groups -OCH3 is 1. The number of halogens is 3. The highest BCUT2D eigenvalue weighted by molar-refractivity contribution is 14.0. The second-order valence-electron chi connectivity index (χ2n) is 5.36. The molecule has 1 aromatic heterocycles. The van der Waals surface area contributed by atoms with Crippen molar-refractivity contribution in [2.24, 2.45) is 12.0 Å². The van der Waals surface area contributed by atoms with Crippen molar-refractivity contribution in [3.05, 3.63) is 57.3 Å². The standard InChI is InChI=1S/C17H22Cl2N4O.HI/c1-20-17(22-10-14-8-15(18)16(19)23(14)2)21-9-12-4-6-13(7-5-12)11-24-3;/h4-8H,9-11H2,1-3H3,(H2,20,21,22);1H. The summed E-state index contributed by atoms with van der Waals surface area (Å²) in [6.07, 6.45) is 0. The van der Waals surface area contributed by atoms with E-state index in [1.54, 1.807) is 14.2 Å². The van der Waals surface area contributed by atoms with Crippen LogP contribution in [0.2, 0.25) is 10.2 Å². The van der Waals surface area contributed by atoms with E-state index in [1.807, 2.05) is 17.7 Å². The molecule has 5 nitrogen and oxygen atoms in total. The predicted molar refractivity (Wildman–Crippen MR) is 115 cm³/mol. The van der Waals surface area contributed by atoms with E-state index in [4.69, 9.17) is 27.9 Å². The number of hydrogen-bond donors (Lipinski definition) is 2. The van der Waals surface area contributed by atoms with Crippen LogP contribution in [0.25, 0.3) is 0 Å². The highest BCUT2D eigenvalue weighted by Crippen LogP contribution is 2.24. The molecule has 0 bridgehead atoms. The smallest absolute Gasteiger partial charge is 0.191 e. The zero-order valence-corrected chi connectivity index (χ0v) is 18.3. The summed E-state index contributed by atoms with van der Waals surface area (Å²) in [6.45, 7) is 1.88. The van der Waals surface area contributed by atoms with Gasteiger partial charge >= 0.3 is 0 Å². The van der Waals surface area contributed by atoms with Gasteiger partial charge in [0.25, 0.3) is 0 Å². The van der Waals surface area contributed by atoms with Gasteiger partial charge in [-0.3, -0.25) is 4.99 Å². The molecule has 0 atom stereocenters. The monoisotopic (exact) mass is 496 g/mol. The molecule has 0 fully saturated rings. The summed E-state index contributed by atoms with van der Waals surface area (Å²) in [5.74, 6) is 0.712. The Morgan fingerprint density at radius 1 is 1.12 bits per heavy atom. The molecule has 2 aromatic rings. The summed E-state index contributed by atoms with van der Waals surface area (Å²) < 4.78 is 6.96. The van der Waals surface area contributed by atoms with E-state index in [0.717, 1.165) is 11.3 Å². The van der Waals surface area contributed by atoms with Crippen LogP contribution in [0.15, 0.2) is 35.3 Å². The van der Waals surface area contributed by atoms with Gasteiger partial charge in [0.05, 0.1) is 18.2 Å². The first-order chi connectivity index (χ1) is 11.5. The number of ether oxygens (including phenoxy) is 1. The number of benzene rings is 1. The first kappa shape index (κ1) is 22.1. The van der Waals surface area contributed by atoms with Gasteiger partial charge in [0.2, 0.25) is 0 Å². The van der Waals surface area contributed by atoms with Crippen molar-refractivity contribution in [3.8, 4) is 0 Å². The molecule has 138 valence electrons. The first-order valence-corrected chi connectivity index (χ1v) is 8.31. The van der Waals surface area contributed by atoms with Crippen LogP contribution in [-0.2, 0) is 31.5 Å². The maximum absolute atomic E-state index is 6.07. The Kier molecular flexibility index (Phi) is 9.63. The maximum atomic E-state index is 6.07. The van der Waals surface area contributed by atoms with Gasteiger partial charge in [-0.25, -0.2) is 0 Å². The molecule has 0 spiro atoms. The lowest BCUT2D eigenvalue weighted by atomic mass is 10.1. The number of aliphatic imine (C=N–C) groups is 1. The van der Waals surface area contributed by atoms with Crippen LogP contribution < -0.4 is 10.6 Å². The molecule has 2 N–H and O–H groups in total. The largest absolute Gasteiger partial charge is 0.380 e. The Balaban J connectivity index is 0.00000312. The molecule has 0 aliphatic carbocycles. The zero-order chi connectivity index (χ0) is 17.5. The van der Waals surface area contributed by atoms with Crippen LogP contribution >= 0.6 is 47.2 Å². The van der Waals surface area contributed by atoms with Crippen LogP contribution in [0.5, 0.6) is 0 Å². The lowest BCUT2D eigenvalue weighted by Gasteiger charge is -2.13. The van der Waals surface area contributed by atoms with E-state index in [0.29, 0.717) is 35.8 Å². The number of nitrogens with zero attached hydrogens (tertiary/aromatic N) is 2. The van der Waals surface area contributed by atoms with Crippen molar-refractivity contribution in [2.75, 3.05) is 14.2 Å². The van der Waals surface area contributed by atoms with Crippen LogP contribution in [-0.4, -0.2) is 24.7 Å². The van der Waals surface area contributed by atoms with Gasteiger partial charge in [-0.2, -0.15) is 0 Å². The van der Waals surface area contributed by atoms with Crippen LogP contribution in [0, 0.1) is 0 Å². The zero-order valence-electron chi connectivity index (χ0n) is 14.5. The molecule has 0 unspecified atom stereocenters. The summed E-state index contributed by atoms with van der Waals surface area (Å²) in [5, 5.41) is 7.62. The molecular formula is C17H23Cl2IN4O. The lowest BCUT2D eigenvalue weighted by molar-refractivity contribution is 0.185. The Morgan fingerprint density at radius 3 is 2.24 bits per heavy atom. The van der Waals surface area contributed by atoms with Gasteiger partial charge in [0, 0.05) is 33.4 Å². The molecule has 1 aromatic carbocycles. The Labute approximate surface area is 175 Å². The molecule has 0 amide bonds. The average molecular weight is 497 g/mol. The third kappa shape index (κ3) is 6.36. The molecule has 25 heavy (non-hydrogen) atoms. The van der Waals surface area contributed by atoms with Gasteiger partial charge in [0.1, 0.15) is 5.15 Å². The van der Waals surface area contributed by atoms with Gasteiger partial charge in [-0.1, -0.05) is 47.5 Å². The van der Waals surface area contributed by atoms with Crippen molar-refractivity contribution in [1.82, 2.24) is 15.2 Å². The summed E-state index contributed by atoms with van der Waals surface area (Å²) in [4.78, 5) is 4.22. The molecule has 0 aliphatic heterocycles. The topological polar surface area (TPSA) is 50.6 Å². The molecule has 0 aliphatic rings. The van der Waals surface area contributed by atoms with Crippen molar-refractivity contribution in [1.29, 1.82) is 0 Å². The SMILES string of the molecule is CN=C(NCc1ccc(COC)cc1)NCc1cc(Cl)c(Cl)n1C.I. The van der Waals surface area contributed by atoms with Crippen LogP contribution in [0.1, 0.15) is 16.8 Å². The van der Waals surface area contributed by atoms with Crippen molar-refractivity contribution >= 4 is 53.1 Å². The van der Waals surface area contributed by atoms with Gasteiger partial charge in [-0.15, -0.1) is 24.0 Å². The minimum Gasteiger partial charge on any atom is -0.380 e. The van der Waals surface area contributed by atoms with E-state index in [-0.39, 0.29) is 24.0 Å². The quantitative estimate of drug-likeness (QED) is 0.361. The molecule has 0 saturated carbocycles. The fourth-order valence-corrected chi connectivity index (χ4v) is 2.68. The van der Waals surface area contributed by atoms with Crippen molar-refractivity contribution < 1.29 is 4.74 Å². The number of guanidine groups is 1. The lowest BCUT2D eigenvalue weighted by Crippen LogP contribution is -2.36. The Bertz CT molecular complexity index is 701. The minimum absolute atomic E-state index is 0. The number of rotatable bonds is 6. The highest BCUT2D eigenvalue weighted by Gasteiger charge is 2.09. The van der Waals surface area contributed by atoms with Gasteiger partial charge in [0.15, 0.2) is 5.96 Å². The fraction of sp³-hybridized carbons (Fsp3) is 0.353. The van der Waals surface area contributed by atoms with E-state index in [2.05, 4.69) is 39.9 Å². The van der Waals surface area contributed by atoms with E-state index < -0.39 is 0 Å². The fourth-order valence-electron chi connectivity index (χ4n) is 2.26.